The highest BCUT2D eigenvalue weighted by Gasteiger charge is 1.97. The second-order valence-electron chi connectivity index (χ2n) is 2.47. The van der Waals surface area contributed by atoms with Crippen molar-refractivity contribution in [1.82, 2.24) is 15.0 Å². The van der Waals surface area contributed by atoms with Crippen molar-refractivity contribution in [2.24, 2.45) is 0 Å². The molecule has 3 heteroatoms. The molecule has 0 saturated carbocycles. The molecule has 0 spiro atoms. The first kappa shape index (κ1) is 9.71. The van der Waals surface area contributed by atoms with Gasteiger partial charge in [-0.15, -0.1) is 0 Å². The van der Waals surface area contributed by atoms with Gasteiger partial charge in [-0.2, -0.15) is 0 Å². The Morgan fingerprint density at radius 2 is 2.15 bits per heavy atom. The summed E-state index contributed by atoms with van der Waals surface area (Å²) in [5.74, 6) is 0. The van der Waals surface area contributed by atoms with E-state index in [-0.39, 0.29) is 0 Å². The van der Waals surface area contributed by atoms with Crippen LogP contribution < -0.4 is 0 Å². The molecule has 2 rings (SSSR count). The second-order valence-corrected chi connectivity index (χ2v) is 2.47. The third-order valence-electron chi connectivity index (χ3n) is 1.73. The normalized spacial score (nSPS) is 9.46. The van der Waals surface area contributed by atoms with Crippen molar-refractivity contribution in [3.63, 3.8) is 0 Å². The summed E-state index contributed by atoms with van der Waals surface area (Å²) in [6.45, 7) is 6.11. The fourth-order valence-corrected chi connectivity index (χ4v) is 1.12. The second kappa shape index (κ2) is 4.60. The molecule has 0 aliphatic rings. The van der Waals surface area contributed by atoms with Gasteiger partial charge in [-0.1, -0.05) is 20.8 Å². The number of hydrogen-bond donors (Lipinski definition) is 1. The number of hydrogen-bond acceptors (Lipinski definition) is 2. The number of H-pyrrole nitrogens is 1. The van der Waals surface area contributed by atoms with E-state index >= 15 is 0 Å². The van der Waals surface area contributed by atoms with Gasteiger partial charge in [-0.3, -0.25) is 0 Å². The lowest BCUT2D eigenvalue weighted by molar-refractivity contribution is 1.06. The molecule has 0 aliphatic carbocycles. The van der Waals surface area contributed by atoms with Crippen LogP contribution in [0.25, 0.3) is 11.0 Å². The number of fused-ring (bicyclic) bond motifs is 1. The highest BCUT2D eigenvalue weighted by Crippen LogP contribution is 2.10. The maximum Gasteiger partial charge on any atom is 0.140 e. The molecule has 0 fully saturated rings. The molecule has 0 bridgehead atoms. The average Bonchev–Trinajstić information content (AvgIpc) is 2.63. The van der Waals surface area contributed by atoms with Gasteiger partial charge in [0.15, 0.2) is 0 Å². The van der Waals surface area contributed by atoms with Crippen molar-refractivity contribution in [1.29, 1.82) is 0 Å². The van der Waals surface area contributed by atoms with Crippen LogP contribution >= 0.6 is 0 Å². The van der Waals surface area contributed by atoms with Gasteiger partial charge in [0.1, 0.15) is 12.0 Å². The minimum Gasteiger partial charge on any atom is -0.343 e. The lowest BCUT2D eigenvalue weighted by atomic mass is 10.3. The Kier molecular flexibility index (Phi) is 3.43. The maximum absolute atomic E-state index is 4.08. The molecule has 2 aromatic heterocycles. The number of rotatable bonds is 1. The summed E-state index contributed by atoms with van der Waals surface area (Å²) in [5.41, 5.74) is 2.14. The molecule has 0 unspecified atom stereocenters. The predicted octanol–water partition coefficient (Wildman–Crippen LogP) is 2.55. The third-order valence-corrected chi connectivity index (χ3v) is 1.73. The zero-order chi connectivity index (χ0) is 9.68. The van der Waals surface area contributed by atoms with Gasteiger partial charge >= 0.3 is 0 Å². The first-order valence-electron chi connectivity index (χ1n) is 4.67. The summed E-state index contributed by atoms with van der Waals surface area (Å²) in [4.78, 5) is 11.2. The van der Waals surface area contributed by atoms with Crippen molar-refractivity contribution in [3.05, 3.63) is 24.3 Å². The Morgan fingerprint density at radius 3 is 2.77 bits per heavy atom. The van der Waals surface area contributed by atoms with E-state index in [0.717, 1.165) is 17.5 Å². The topological polar surface area (TPSA) is 41.6 Å². The number of aryl methyl sites for hydroxylation is 1. The number of aromatic nitrogens is 3. The van der Waals surface area contributed by atoms with Gasteiger partial charge in [0, 0.05) is 17.3 Å². The van der Waals surface area contributed by atoms with E-state index < -0.39 is 0 Å². The van der Waals surface area contributed by atoms with E-state index in [9.17, 15) is 0 Å². The van der Waals surface area contributed by atoms with Gasteiger partial charge in [0.05, 0.1) is 0 Å². The Hall–Kier alpha value is -1.38. The Balaban J connectivity index is 0.000000396. The summed E-state index contributed by atoms with van der Waals surface area (Å²) in [7, 11) is 0. The molecule has 0 atom stereocenters. The molecule has 0 amide bonds. The molecule has 13 heavy (non-hydrogen) atoms. The summed E-state index contributed by atoms with van der Waals surface area (Å²) in [6.07, 6.45) is 4.38. The molecule has 0 radical (unpaired) electrons. The summed E-state index contributed by atoms with van der Waals surface area (Å²) < 4.78 is 0. The van der Waals surface area contributed by atoms with Crippen molar-refractivity contribution in [2.45, 2.75) is 27.2 Å². The average molecular weight is 177 g/mol. The van der Waals surface area contributed by atoms with E-state index in [0.29, 0.717) is 0 Å². The van der Waals surface area contributed by atoms with Crippen molar-refractivity contribution < 1.29 is 0 Å². The molecule has 2 heterocycles. The van der Waals surface area contributed by atoms with E-state index in [1.165, 1.54) is 5.69 Å². The van der Waals surface area contributed by atoms with E-state index in [4.69, 9.17) is 0 Å². The smallest absolute Gasteiger partial charge is 0.140 e. The Labute approximate surface area is 78.2 Å². The first-order valence-corrected chi connectivity index (χ1v) is 4.67. The minimum absolute atomic E-state index is 0.928. The zero-order valence-electron chi connectivity index (χ0n) is 8.33. The van der Waals surface area contributed by atoms with Gasteiger partial charge in [-0.25, -0.2) is 9.97 Å². The van der Waals surface area contributed by atoms with Crippen LogP contribution in [-0.2, 0) is 6.42 Å². The molecule has 1 N–H and O–H groups in total. The first-order chi connectivity index (χ1) is 6.40. The van der Waals surface area contributed by atoms with Crippen molar-refractivity contribution >= 4 is 11.0 Å². The molecular weight excluding hydrogens is 162 g/mol. The lowest BCUT2D eigenvalue weighted by Gasteiger charge is -1.84. The summed E-state index contributed by atoms with van der Waals surface area (Å²) >= 11 is 0. The quantitative estimate of drug-likeness (QED) is 0.727. The third kappa shape index (κ3) is 2.05. The molecular formula is C10H15N3. The predicted molar refractivity (Wildman–Crippen MR) is 54.6 cm³/mol. The van der Waals surface area contributed by atoms with Crippen molar-refractivity contribution in [2.75, 3.05) is 0 Å². The van der Waals surface area contributed by atoms with Crippen LogP contribution in [0.3, 0.4) is 0 Å². The standard InChI is InChI=1S/C8H9N3.C2H6/c1-2-7-3-6-4-9-5-10-8(6)11-7;1-2/h3-5H,2H2,1H3,(H,9,10,11);1-2H3. The van der Waals surface area contributed by atoms with Crippen LogP contribution in [0, 0.1) is 0 Å². The zero-order valence-corrected chi connectivity index (χ0v) is 8.33. The van der Waals surface area contributed by atoms with Crippen LogP contribution in [-0.4, -0.2) is 15.0 Å². The highest BCUT2D eigenvalue weighted by atomic mass is 14.9. The highest BCUT2D eigenvalue weighted by molar-refractivity contribution is 5.74. The van der Waals surface area contributed by atoms with Gasteiger partial charge in [0.2, 0.25) is 0 Å². The van der Waals surface area contributed by atoms with Crippen LogP contribution in [0.4, 0.5) is 0 Å². The fraction of sp³-hybridized carbons (Fsp3) is 0.400. The molecule has 70 valence electrons. The SMILES string of the molecule is CC.CCc1cc2cncnc2[nH]1. The van der Waals surface area contributed by atoms with Gasteiger partial charge in [0.25, 0.3) is 0 Å². The maximum atomic E-state index is 4.08. The van der Waals surface area contributed by atoms with Crippen LogP contribution in [0.2, 0.25) is 0 Å². The summed E-state index contributed by atoms with van der Waals surface area (Å²) in [5, 5.41) is 1.09. The van der Waals surface area contributed by atoms with Crippen LogP contribution in [0.5, 0.6) is 0 Å². The number of aromatic amines is 1. The van der Waals surface area contributed by atoms with E-state index in [1.54, 1.807) is 6.33 Å². The lowest BCUT2D eigenvalue weighted by Crippen LogP contribution is -1.78. The van der Waals surface area contributed by atoms with Crippen molar-refractivity contribution in [3.8, 4) is 0 Å². The minimum atomic E-state index is 0.928. The Bertz CT molecular complexity index is 332. The van der Waals surface area contributed by atoms with Gasteiger partial charge in [-0.05, 0) is 12.5 Å². The number of nitrogens with one attached hydrogen (secondary N) is 1. The monoisotopic (exact) mass is 177 g/mol. The van der Waals surface area contributed by atoms with E-state index in [1.807, 2.05) is 20.0 Å². The molecule has 0 saturated heterocycles. The largest absolute Gasteiger partial charge is 0.343 e. The van der Waals surface area contributed by atoms with Gasteiger partial charge < -0.3 is 4.98 Å². The molecule has 0 aliphatic heterocycles. The molecule has 3 nitrogen and oxygen atoms in total. The molecule has 0 aromatic carbocycles. The van der Waals surface area contributed by atoms with E-state index in [2.05, 4.69) is 27.9 Å². The summed E-state index contributed by atoms with van der Waals surface area (Å²) in [6, 6.07) is 2.08. The van der Waals surface area contributed by atoms with Crippen LogP contribution in [0.15, 0.2) is 18.6 Å². The Morgan fingerprint density at radius 1 is 1.38 bits per heavy atom. The van der Waals surface area contributed by atoms with Crippen LogP contribution in [0.1, 0.15) is 26.5 Å². The fourth-order valence-electron chi connectivity index (χ4n) is 1.12. The number of nitrogens with zero attached hydrogens (tertiary/aromatic N) is 2. The molecule has 2 aromatic rings.